The Morgan fingerprint density at radius 2 is 1.64 bits per heavy atom. The first-order chi connectivity index (χ1) is 11.5. The maximum atomic E-state index is 12.5. The second-order valence-electron chi connectivity index (χ2n) is 5.39. The van der Waals surface area contributed by atoms with Crippen molar-refractivity contribution in [2.45, 2.75) is 30.8 Å². The number of rotatable bonds is 12. The van der Waals surface area contributed by atoms with Crippen molar-refractivity contribution in [1.82, 2.24) is 0 Å². The van der Waals surface area contributed by atoms with Gasteiger partial charge in [0.25, 0.3) is 0 Å². The van der Waals surface area contributed by atoms with E-state index in [1.165, 1.54) is 0 Å². The van der Waals surface area contributed by atoms with Gasteiger partial charge in [0.05, 0.1) is 18.5 Å². The number of guanidine groups is 1. The van der Waals surface area contributed by atoms with Gasteiger partial charge >= 0.3 is 11.9 Å². The van der Waals surface area contributed by atoms with Crippen LogP contribution in [-0.2, 0) is 19.2 Å². The molecule has 0 saturated heterocycles. The molecule has 0 heterocycles. The van der Waals surface area contributed by atoms with Gasteiger partial charge in [-0.05, 0) is 12.8 Å². The quantitative estimate of drug-likeness (QED) is 0.101. The van der Waals surface area contributed by atoms with Crippen molar-refractivity contribution in [2.24, 2.45) is 39.6 Å². The molecule has 0 aromatic heterocycles. The summed E-state index contributed by atoms with van der Waals surface area (Å²) in [6.07, 6.45) is -0.950. The third-order valence-electron chi connectivity index (χ3n) is 3.64. The van der Waals surface area contributed by atoms with E-state index in [1.807, 2.05) is 0 Å². The van der Waals surface area contributed by atoms with Crippen LogP contribution in [0.3, 0.4) is 0 Å². The third-order valence-corrected chi connectivity index (χ3v) is 3.64. The summed E-state index contributed by atoms with van der Waals surface area (Å²) in [6, 6.07) is -1.33. The molecule has 0 aliphatic rings. The molecule has 3 unspecified atom stereocenters. The van der Waals surface area contributed by atoms with Crippen LogP contribution in [0, 0.1) is 5.92 Å². The molecule has 3 atom stereocenters. The second kappa shape index (κ2) is 9.66. The van der Waals surface area contributed by atoms with Gasteiger partial charge in [0, 0.05) is 13.0 Å². The first kappa shape index (κ1) is 22.4. The van der Waals surface area contributed by atoms with Crippen LogP contribution in [-0.4, -0.2) is 64.3 Å². The highest BCUT2D eigenvalue weighted by Crippen LogP contribution is 2.24. The van der Waals surface area contributed by atoms with E-state index >= 15 is 0 Å². The number of hydrogen-bond acceptors (Lipinski definition) is 8. The molecule has 0 aromatic carbocycles. The highest BCUT2D eigenvalue weighted by Gasteiger charge is 2.51. The Bertz CT molecular complexity index is 561. The maximum absolute atomic E-state index is 12.5. The highest BCUT2D eigenvalue weighted by molar-refractivity contribution is 6.12. The number of aliphatic imine (C=N–C) groups is 1. The lowest BCUT2D eigenvalue weighted by atomic mass is 9.74. The molecule has 0 amide bonds. The van der Waals surface area contributed by atoms with Gasteiger partial charge in [0.15, 0.2) is 23.1 Å². The Balaban J connectivity index is 5.69. The summed E-state index contributed by atoms with van der Waals surface area (Å²) >= 11 is 0. The summed E-state index contributed by atoms with van der Waals surface area (Å²) in [7, 11) is 0. The molecule has 12 heteroatoms. The number of carbonyl (C=O) groups excluding carboxylic acids is 2. The Labute approximate surface area is 143 Å². The lowest BCUT2D eigenvalue weighted by Gasteiger charge is -2.32. The number of nitrogens with zero attached hydrogens (tertiary/aromatic N) is 1. The van der Waals surface area contributed by atoms with Crippen molar-refractivity contribution in [1.29, 1.82) is 0 Å². The number of carbonyl (C=O) groups is 4. The van der Waals surface area contributed by atoms with Crippen LogP contribution in [0.2, 0.25) is 0 Å². The van der Waals surface area contributed by atoms with Gasteiger partial charge in [0.1, 0.15) is 0 Å². The molecule has 0 fully saturated rings. The van der Waals surface area contributed by atoms with Crippen molar-refractivity contribution in [3.63, 3.8) is 0 Å². The number of Topliss-reactive ketones (excluding diaryl/α,β-unsaturated/α-hetero) is 2. The zero-order chi connectivity index (χ0) is 19.8. The molecule has 0 aliphatic carbocycles. The fraction of sp³-hybridized carbons (Fsp3) is 0.615. The van der Waals surface area contributed by atoms with Crippen LogP contribution >= 0.6 is 0 Å². The van der Waals surface area contributed by atoms with Crippen molar-refractivity contribution in [2.75, 3.05) is 13.1 Å². The summed E-state index contributed by atoms with van der Waals surface area (Å²) in [4.78, 5) is 50.4. The Morgan fingerprint density at radius 1 is 1.08 bits per heavy atom. The van der Waals surface area contributed by atoms with E-state index in [2.05, 4.69) is 4.99 Å². The topological polar surface area (TPSA) is 251 Å². The van der Waals surface area contributed by atoms with Gasteiger partial charge in [-0.15, -0.1) is 0 Å². The number of nitrogens with two attached hydrogens (primary N) is 5. The van der Waals surface area contributed by atoms with E-state index in [-0.39, 0.29) is 25.3 Å². The monoisotopic (exact) mass is 360 g/mol. The zero-order valence-electron chi connectivity index (χ0n) is 13.6. The van der Waals surface area contributed by atoms with Gasteiger partial charge < -0.3 is 38.9 Å². The molecule has 0 radical (unpaired) electrons. The molecule has 0 rings (SSSR count). The third kappa shape index (κ3) is 6.10. The van der Waals surface area contributed by atoms with E-state index in [1.54, 1.807) is 0 Å². The minimum Gasteiger partial charge on any atom is -0.481 e. The van der Waals surface area contributed by atoms with Gasteiger partial charge in [0.2, 0.25) is 0 Å². The second-order valence-corrected chi connectivity index (χ2v) is 5.39. The fourth-order valence-electron chi connectivity index (χ4n) is 2.23. The van der Waals surface area contributed by atoms with Crippen molar-refractivity contribution >= 4 is 29.5 Å². The molecule has 12 N–H and O–H groups in total. The van der Waals surface area contributed by atoms with E-state index in [4.69, 9.17) is 33.8 Å². The van der Waals surface area contributed by atoms with Crippen molar-refractivity contribution in [3.8, 4) is 0 Å². The Kier molecular flexibility index (Phi) is 8.67. The van der Waals surface area contributed by atoms with E-state index in [0.717, 1.165) is 0 Å². The Morgan fingerprint density at radius 3 is 2.04 bits per heavy atom. The molecule has 0 aromatic rings. The minimum atomic E-state index is -2.62. The molecule has 0 saturated carbocycles. The summed E-state index contributed by atoms with van der Waals surface area (Å²) in [5.41, 5.74) is 24.3. The first-order valence-corrected chi connectivity index (χ1v) is 7.30. The number of aliphatic carboxylic acids is 2. The lowest BCUT2D eigenvalue weighted by molar-refractivity contribution is -0.154. The summed E-state index contributed by atoms with van der Waals surface area (Å²) in [5, 5.41) is 18.0. The average molecular weight is 360 g/mol. The van der Waals surface area contributed by atoms with Crippen LogP contribution in [0.1, 0.15) is 19.3 Å². The van der Waals surface area contributed by atoms with Gasteiger partial charge in [-0.2, -0.15) is 0 Å². The number of hydrogen-bond donors (Lipinski definition) is 7. The summed E-state index contributed by atoms with van der Waals surface area (Å²) < 4.78 is 0. The molecule has 25 heavy (non-hydrogen) atoms. The predicted molar refractivity (Wildman–Crippen MR) is 87.3 cm³/mol. The van der Waals surface area contributed by atoms with Crippen LogP contribution < -0.4 is 28.7 Å². The van der Waals surface area contributed by atoms with Crippen LogP contribution in [0.5, 0.6) is 0 Å². The van der Waals surface area contributed by atoms with Gasteiger partial charge in [-0.1, -0.05) is 0 Å². The smallest absolute Gasteiger partial charge is 0.332 e. The van der Waals surface area contributed by atoms with E-state index in [9.17, 15) is 24.3 Å². The normalized spacial score (nSPS) is 15.5. The molecule has 142 valence electrons. The van der Waals surface area contributed by atoms with Crippen LogP contribution in [0.25, 0.3) is 0 Å². The van der Waals surface area contributed by atoms with Crippen LogP contribution in [0.4, 0.5) is 0 Å². The molecule has 0 spiro atoms. The summed E-state index contributed by atoms with van der Waals surface area (Å²) in [5.74, 6) is -6.77. The van der Waals surface area contributed by atoms with Crippen molar-refractivity contribution < 1.29 is 29.4 Å². The van der Waals surface area contributed by atoms with Crippen LogP contribution in [0.15, 0.2) is 4.99 Å². The van der Waals surface area contributed by atoms with Gasteiger partial charge in [-0.25, -0.2) is 4.79 Å². The first-order valence-electron chi connectivity index (χ1n) is 7.30. The van der Waals surface area contributed by atoms with E-state index < -0.39 is 54.0 Å². The lowest BCUT2D eigenvalue weighted by Crippen LogP contribution is -2.65. The predicted octanol–water partition coefficient (Wildman–Crippen LogP) is -3.66. The molecule has 12 nitrogen and oxygen atoms in total. The molecular weight excluding hydrogens is 336 g/mol. The average Bonchev–Trinajstić information content (AvgIpc) is 2.53. The number of carboxylic acid groups (broad SMARTS) is 2. The zero-order valence-corrected chi connectivity index (χ0v) is 13.6. The fourth-order valence-corrected chi connectivity index (χ4v) is 2.23. The largest absolute Gasteiger partial charge is 0.481 e. The van der Waals surface area contributed by atoms with E-state index in [0.29, 0.717) is 0 Å². The van der Waals surface area contributed by atoms with Gasteiger partial charge in [-0.3, -0.25) is 19.4 Å². The number of ketones is 2. The SMILES string of the molecule is NCC(=O)C(N)(C(=O)O)C(CCN=C(N)N)C(=O)C(N)CCC(=O)O. The maximum Gasteiger partial charge on any atom is 0.332 e. The summed E-state index contributed by atoms with van der Waals surface area (Å²) in [6.45, 7) is -0.895. The van der Waals surface area contributed by atoms with Crippen molar-refractivity contribution in [3.05, 3.63) is 0 Å². The molecule has 0 bridgehead atoms. The highest BCUT2D eigenvalue weighted by atomic mass is 16.4. The molecular formula is C13H24N6O6. The minimum absolute atomic E-state index is 0.186. The standard InChI is InChI=1S/C13H24N6O6/c14-5-8(20)13(18,11(24)25)6(3-4-19-12(16)17)10(23)7(15)1-2-9(21)22/h6-7H,1-5,14-15,18H2,(H,21,22)(H,24,25)(H4,16,17,19). The Hall–Kier alpha value is -2.57. The molecule has 0 aliphatic heterocycles. The number of carboxylic acids is 2.